The summed E-state index contributed by atoms with van der Waals surface area (Å²) in [6, 6.07) is 7.77. The average Bonchev–Trinajstić information content (AvgIpc) is 3.24. The van der Waals surface area contributed by atoms with Gasteiger partial charge in [0, 0.05) is 24.7 Å². The minimum atomic E-state index is -0.0170. The second-order valence-corrected chi connectivity index (χ2v) is 6.33. The van der Waals surface area contributed by atoms with Crippen LogP contribution in [0.2, 0.25) is 5.02 Å². The molecule has 0 heterocycles. The molecule has 0 radical (unpaired) electrons. The van der Waals surface area contributed by atoms with Gasteiger partial charge in [0.05, 0.1) is 13.1 Å². The Labute approximate surface area is 136 Å². The molecule has 0 saturated heterocycles. The van der Waals surface area contributed by atoms with Crippen LogP contribution in [0.1, 0.15) is 18.4 Å². The van der Waals surface area contributed by atoms with Crippen molar-refractivity contribution in [3.05, 3.63) is 34.9 Å². The fourth-order valence-corrected chi connectivity index (χ4v) is 2.23. The molecule has 1 saturated carbocycles. The zero-order valence-electron chi connectivity index (χ0n) is 13.0. The lowest BCUT2D eigenvalue weighted by atomic mass is 10.2. The number of carbonyl (C=O) groups excluding carboxylic acids is 2. The van der Waals surface area contributed by atoms with Gasteiger partial charge >= 0.3 is 0 Å². The highest BCUT2D eigenvalue weighted by Gasteiger charge is 2.24. The van der Waals surface area contributed by atoms with Crippen LogP contribution >= 0.6 is 11.6 Å². The van der Waals surface area contributed by atoms with Gasteiger partial charge in [-0.2, -0.15) is 0 Å². The van der Waals surface area contributed by atoms with E-state index in [1.54, 1.807) is 23.9 Å². The SMILES string of the molecule is CN(CC(=O)NC1CC1)CC(=O)N(C)Cc1ccc(Cl)cc1. The highest BCUT2D eigenvalue weighted by atomic mass is 35.5. The van der Waals surface area contributed by atoms with Crippen LogP contribution in [-0.2, 0) is 16.1 Å². The molecule has 2 amide bonds. The van der Waals surface area contributed by atoms with E-state index in [2.05, 4.69) is 5.32 Å². The number of nitrogens with one attached hydrogen (secondary N) is 1. The molecule has 0 aromatic heterocycles. The quantitative estimate of drug-likeness (QED) is 0.827. The zero-order chi connectivity index (χ0) is 16.1. The third-order valence-corrected chi connectivity index (χ3v) is 3.77. The largest absolute Gasteiger partial charge is 0.352 e. The summed E-state index contributed by atoms with van der Waals surface area (Å²) in [5.74, 6) is -0.0326. The summed E-state index contributed by atoms with van der Waals surface area (Å²) < 4.78 is 0. The first-order chi connectivity index (χ1) is 10.4. The van der Waals surface area contributed by atoms with Gasteiger partial charge < -0.3 is 10.2 Å². The molecule has 0 spiro atoms. The molecule has 0 atom stereocenters. The third-order valence-electron chi connectivity index (χ3n) is 3.52. The highest BCUT2D eigenvalue weighted by molar-refractivity contribution is 6.30. The molecule has 2 rings (SSSR count). The van der Waals surface area contributed by atoms with Crippen LogP contribution < -0.4 is 5.32 Å². The summed E-state index contributed by atoms with van der Waals surface area (Å²) in [6.07, 6.45) is 2.14. The first kappa shape index (κ1) is 16.8. The first-order valence-corrected chi connectivity index (χ1v) is 7.78. The van der Waals surface area contributed by atoms with Gasteiger partial charge in [-0.25, -0.2) is 0 Å². The molecule has 0 unspecified atom stereocenters. The summed E-state index contributed by atoms with van der Waals surface area (Å²) in [6.45, 7) is 0.997. The Kier molecular flexibility index (Phi) is 5.80. The predicted octanol–water partition coefficient (Wildman–Crippen LogP) is 1.51. The van der Waals surface area contributed by atoms with Crippen LogP contribution in [-0.4, -0.2) is 54.8 Å². The van der Waals surface area contributed by atoms with E-state index in [9.17, 15) is 9.59 Å². The van der Waals surface area contributed by atoms with Crippen LogP contribution in [0.5, 0.6) is 0 Å². The highest BCUT2D eigenvalue weighted by Crippen LogP contribution is 2.18. The molecule has 1 aliphatic rings. The molecule has 0 bridgehead atoms. The van der Waals surface area contributed by atoms with E-state index in [0.717, 1.165) is 18.4 Å². The number of hydrogen-bond donors (Lipinski definition) is 1. The number of likely N-dealkylation sites (N-methyl/N-ethyl adjacent to an activating group) is 2. The average molecular weight is 324 g/mol. The zero-order valence-corrected chi connectivity index (χ0v) is 13.8. The summed E-state index contributed by atoms with van der Waals surface area (Å²) in [4.78, 5) is 27.2. The Morgan fingerprint density at radius 1 is 1.18 bits per heavy atom. The van der Waals surface area contributed by atoms with E-state index >= 15 is 0 Å². The van der Waals surface area contributed by atoms with Crippen molar-refractivity contribution in [2.75, 3.05) is 27.2 Å². The van der Waals surface area contributed by atoms with Gasteiger partial charge in [0.15, 0.2) is 0 Å². The number of amides is 2. The number of carbonyl (C=O) groups is 2. The fourth-order valence-electron chi connectivity index (χ4n) is 2.11. The Hall–Kier alpha value is -1.59. The van der Waals surface area contributed by atoms with Crippen LogP contribution in [0, 0.1) is 0 Å². The lowest BCUT2D eigenvalue weighted by Crippen LogP contribution is -2.41. The normalized spacial score (nSPS) is 14.0. The smallest absolute Gasteiger partial charge is 0.236 e. The maximum absolute atomic E-state index is 12.2. The van der Waals surface area contributed by atoms with Gasteiger partial charge in [0.2, 0.25) is 11.8 Å². The van der Waals surface area contributed by atoms with E-state index in [0.29, 0.717) is 17.6 Å². The Balaban J connectivity index is 1.74. The van der Waals surface area contributed by atoms with Gasteiger partial charge in [-0.3, -0.25) is 14.5 Å². The lowest BCUT2D eigenvalue weighted by molar-refractivity contribution is -0.132. The Morgan fingerprint density at radius 2 is 1.82 bits per heavy atom. The molecule has 22 heavy (non-hydrogen) atoms. The molecule has 1 aliphatic carbocycles. The van der Waals surface area contributed by atoms with Crippen molar-refractivity contribution in [3.8, 4) is 0 Å². The standard InChI is InChI=1S/C16H22ClN3O2/c1-19(10-15(21)18-14-7-8-14)11-16(22)20(2)9-12-3-5-13(17)6-4-12/h3-6,14H,7-11H2,1-2H3,(H,18,21). The lowest BCUT2D eigenvalue weighted by Gasteiger charge is -2.21. The van der Waals surface area contributed by atoms with Crippen molar-refractivity contribution < 1.29 is 9.59 Å². The Bertz CT molecular complexity index is 529. The molecule has 1 fully saturated rings. The fraction of sp³-hybridized carbons (Fsp3) is 0.500. The van der Waals surface area contributed by atoms with E-state index in [-0.39, 0.29) is 24.9 Å². The molecular weight excluding hydrogens is 302 g/mol. The molecule has 120 valence electrons. The summed E-state index contributed by atoms with van der Waals surface area (Å²) in [7, 11) is 3.54. The molecular formula is C16H22ClN3O2. The third kappa shape index (κ3) is 5.66. The number of halogens is 1. The van der Waals surface area contributed by atoms with E-state index < -0.39 is 0 Å². The van der Waals surface area contributed by atoms with Crippen LogP contribution in [0.25, 0.3) is 0 Å². The molecule has 6 heteroatoms. The van der Waals surface area contributed by atoms with E-state index in [1.165, 1.54) is 0 Å². The monoisotopic (exact) mass is 323 g/mol. The van der Waals surface area contributed by atoms with Crippen LogP contribution in [0.4, 0.5) is 0 Å². The second kappa shape index (κ2) is 7.61. The molecule has 1 aromatic carbocycles. The Morgan fingerprint density at radius 3 is 2.41 bits per heavy atom. The minimum absolute atomic E-state index is 0.0156. The summed E-state index contributed by atoms with van der Waals surface area (Å²) >= 11 is 5.84. The number of nitrogens with zero attached hydrogens (tertiary/aromatic N) is 2. The maximum atomic E-state index is 12.2. The van der Waals surface area contributed by atoms with Crippen molar-refractivity contribution in [3.63, 3.8) is 0 Å². The molecule has 5 nitrogen and oxygen atoms in total. The molecule has 1 aromatic rings. The van der Waals surface area contributed by atoms with E-state index in [4.69, 9.17) is 11.6 Å². The van der Waals surface area contributed by atoms with Crippen molar-refractivity contribution in [1.82, 2.24) is 15.1 Å². The number of rotatable bonds is 7. The predicted molar refractivity (Wildman–Crippen MR) is 86.6 cm³/mol. The summed E-state index contributed by atoms with van der Waals surface area (Å²) in [5.41, 5.74) is 1.02. The van der Waals surface area contributed by atoms with Gasteiger partial charge in [-0.1, -0.05) is 23.7 Å². The van der Waals surface area contributed by atoms with Gasteiger partial charge in [0.1, 0.15) is 0 Å². The van der Waals surface area contributed by atoms with Gasteiger partial charge in [-0.15, -0.1) is 0 Å². The number of hydrogen-bond acceptors (Lipinski definition) is 3. The van der Waals surface area contributed by atoms with Gasteiger partial charge in [-0.05, 0) is 37.6 Å². The van der Waals surface area contributed by atoms with Crippen molar-refractivity contribution in [2.45, 2.75) is 25.4 Å². The molecule has 0 aliphatic heterocycles. The minimum Gasteiger partial charge on any atom is -0.352 e. The second-order valence-electron chi connectivity index (χ2n) is 5.89. The van der Waals surface area contributed by atoms with Crippen LogP contribution in [0.15, 0.2) is 24.3 Å². The number of benzene rings is 1. The van der Waals surface area contributed by atoms with Gasteiger partial charge in [0.25, 0.3) is 0 Å². The topological polar surface area (TPSA) is 52.7 Å². The van der Waals surface area contributed by atoms with Crippen molar-refractivity contribution >= 4 is 23.4 Å². The maximum Gasteiger partial charge on any atom is 0.236 e. The first-order valence-electron chi connectivity index (χ1n) is 7.40. The van der Waals surface area contributed by atoms with Crippen LogP contribution in [0.3, 0.4) is 0 Å². The van der Waals surface area contributed by atoms with Crippen molar-refractivity contribution in [1.29, 1.82) is 0 Å². The van der Waals surface area contributed by atoms with E-state index in [1.807, 2.05) is 24.3 Å². The summed E-state index contributed by atoms with van der Waals surface area (Å²) in [5, 5.41) is 3.59. The molecule has 1 N–H and O–H groups in total. The van der Waals surface area contributed by atoms with Crippen molar-refractivity contribution in [2.24, 2.45) is 0 Å².